The number of carbonyl (C=O) groups is 3. The summed E-state index contributed by atoms with van der Waals surface area (Å²) in [5.74, 6) is -5.34. The molecule has 1 aromatic rings. The van der Waals surface area contributed by atoms with Gasteiger partial charge in [-0.2, -0.15) is 0 Å². The van der Waals surface area contributed by atoms with Crippen molar-refractivity contribution in [1.29, 1.82) is 0 Å². The summed E-state index contributed by atoms with van der Waals surface area (Å²) in [6.07, 6.45) is 1.06. The molecule has 2 unspecified atom stereocenters. The SMILES string of the molecule is O=C(O)CC(O)(C(=O)O)C(C(=O)O)n1cc[nH]c1=S. The van der Waals surface area contributed by atoms with E-state index >= 15 is 0 Å². The van der Waals surface area contributed by atoms with Crippen molar-refractivity contribution in [3.05, 3.63) is 17.2 Å². The van der Waals surface area contributed by atoms with Crippen LogP contribution in [-0.2, 0) is 14.4 Å². The fourth-order valence-corrected chi connectivity index (χ4v) is 1.84. The first kappa shape index (κ1) is 14.9. The van der Waals surface area contributed by atoms with Crippen LogP contribution in [0.15, 0.2) is 12.4 Å². The van der Waals surface area contributed by atoms with Gasteiger partial charge in [-0.05, 0) is 12.2 Å². The zero-order chi connectivity index (χ0) is 14.8. The van der Waals surface area contributed by atoms with Crippen LogP contribution < -0.4 is 0 Å². The summed E-state index contributed by atoms with van der Waals surface area (Å²) in [5.41, 5.74) is -3.03. The fraction of sp³-hybridized carbons (Fsp3) is 0.333. The van der Waals surface area contributed by atoms with Crippen LogP contribution in [0.25, 0.3) is 0 Å². The van der Waals surface area contributed by atoms with E-state index in [0.29, 0.717) is 0 Å². The number of aromatic nitrogens is 2. The third kappa shape index (κ3) is 2.80. The summed E-state index contributed by atoms with van der Waals surface area (Å²) in [6.45, 7) is 0. The smallest absolute Gasteiger partial charge is 0.339 e. The van der Waals surface area contributed by atoms with Crippen LogP contribution in [0.5, 0.6) is 0 Å². The number of nitrogens with one attached hydrogen (secondary N) is 1. The minimum Gasteiger partial charge on any atom is -0.481 e. The lowest BCUT2D eigenvalue weighted by Gasteiger charge is -2.28. The minimum atomic E-state index is -3.03. The number of aliphatic hydroxyl groups is 1. The summed E-state index contributed by atoms with van der Waals surface area (Å²) in [5, 5.41) is 36.6. The van der Waals surface area contributed by atoms with Crippen LogP contribution in [0.2, 0.25) is 0 Å². The Bertz CT molecular complexity index is 577. The van der Waals surface area contributed by atoms with Gasteiger partial charge in [0.25, 0.3) is 0 Å². The lowest BCUT2D eigenvalue weighted by Crippen LogP contribution is -2.51. The second-order valence-corrected chi connectivity index (χ2v) is 4.10. The van der Waals surface area contributed by atoms with Crippen LogP contribution >= 0.6 is 12.2 Å². The van der Waals surface area contributed by atoms with E-state index in [4.69, 9.17) is 27.5 Å². The molecule has 104 valence electrons. The van der Waals surface area contributed by atoms with Crippen LogP contribution in [0, 0.1) is 4.77 Å². The molecule has 1 rings (SSSR count). The van der Waals surface area contributed by atoms with E-state index < -0.39 is 36.0 Å². The zero-order valence-electron chi connectivity index (χ0n) is 9.31. The first-order valence-corrected chi connectivity index (χ1v) is 5.27. The highest BCUT2D eigenvalue weighted by Gasteiger charge is 2.51. The van der Waals surface area contributed by atoms with Crippen LogP contribution in [0.4, 0.5) is 0 Å². The average Bonchev–Trinajstić information content (AvgIpc) is 2.63. The van der Waals surface area contributed by atoms with Crippen LogP contribution in [0.3, 0.4) is 0 Å². The zero-order valence-corrected chi connectivity index (χ0v) is 10.1. The quantitative estimate of drug-likeness (QED) is 0.438. The van der Waals surface area contributed by atoms with E-state index in [-0.39, 0.29) is 4.77 Å². The lowest BCUT2D eigenvalue weighted by atomic mass is 9.90. The van der Waals surface area contributed by atoms with Gasteiger partial charge in [0.15, 0.2) is 10.8 Å². The molecule has 0 aliphatic heterocycles. The van der Waals surface area contributed by atoms with Gasteiger partial charge < -0.3 is 30.0 Å². The molecule has 9 nitrogen and oxygen atoms in total. The van der Waals surface area contributed by atoms with Gasteiger partial charge in [0.05, 0.1) is 6.42 Å². The Hall–Kier alpha value is -2.20. The number of nitrogens with zero attached hydrogens (tertiary/aromatic N) is 1. The average molecular weight is 290 g/mol. The molecule has 0 spiro atoms. The number of hydrogen-bond donors (Lipinski definition) is 5. The van der Waals surface area contributed by atoms with E-state index in [1.807, 2.05) is 0 Å². The molecule has 1 aromatic heterocycles. The standard InChI is InChI=1S/C9H10N2O7S/c12-4(13)3-9(18,7(16)17)5(6(14)15)11-2-1-10-8(11)19/h1-2,5,18H,3H2,(H,10,19)(H,12,13)(H,14,15)(H,16,17). The van der Waals surface area contributed by atoms with Gasteiger partial charge in [0, 0.05) is 12.4 Å². The Morgan fingerprint density at radius 1 is 1.37 bits per heavy atom. The van der Waals surface area contributed by atoms with E-state index in [0.717, 1.165) is 10.8 Å². The van der Waals surface area contributed by atoms with E-state index in [1.54, 1.807) is 0 Å². The molecule has 1 heterocycles. The summed E-state index contributed by atoms with van der Waals surface area (Å²) in [7, 11) is 0. The molecule has 5 N–H and O–H groups in total. The van der Waals surface area contributed by atoms with Gasteiger partial charge in [-0.3, -0.25) is 4.79 Å². The number of aromatic amines is 1. The van der Waals surface area contributed by atoms with E-state index in [1.165, 1.54) is 6.20 Å². The van der Waals surface area contributed by atoms with Crippen LogP contribution in [-0.4, -0.2) is 53.5 Å². The van der Waals surface area contributed by atoms with Gasteiger partial charge in [0.2, 0.25) is 5.60 Å². The van der Waals surface area contributed by atoms with E-state index in [2.05, 4.69) is 4.98 Å². The van der Waals surface area contributed by atoms with Crippen molar-refractivity contribution in [2.45, 2.75) is 18.1 Å². The molecule has 0 fully saturated rings. The predicted octanol–water partition coefficient (Wildman–Crippen LogP) is -0.538. The largest absolute Gasteiger partial charge is 0.481 e. The number of imidazole rings is 1. The Kier molecular flexibility index (Phi) is 4.07. The Labute approximate surface area is 110 Å². The van der Waals surface area contributed by atoms with E-state index in [9.17, 15) is 19.5 Å². The molecule has 2 atom stereocenters. The number of aliphatic carboxylic acids is 3. The van der Waals surface area contributed by atoms with Crippen LogP contribution in [0.1, 0.15) is 12.5 Å². The molecule has 0 amide bonds. The van der Waals surface area contributed by atoms with Crippen molar-refractivity contribution >= 4 is 30.1 Å². The van der Waals surface area contributed by atoms with Crippen molar-refractivity contribution in [2.24, 2.45) is 0 Å². The number of carboxylic acids is 3. The molecule has 0 aliphatic carbocycles. The third-order valence-electron chi connectivity index (χ3n) is 2.43. The highest BCUT2D eigenvalue weighted by molar-refractivity contribution is 7.71. The molecule has 0 aromatic carbocycles. The minimum absolute atomic E-state index is 0.155. The fourth-order valence-electron chi connectivity index (χ4n) is 1.61. The third-order valence-corrected chi connectivity index (χ3v) is 2.76. The number of rotatable bonds is 6. The molecule has 0 bridgehead atoms. The van der Waals surface area contributed by atoms with Crippen molar-refractivity contribution in [3.8, 4) is 0 Å². The highest BCUT2D eigenvalue weighted by atomic mass is 32.1. The molecule has 0 saturated carbocycles. The normalized spacial score (nSPS) is 15.4. The second kappa shape index (κ2) is 5.20. The van der Waals surface area contributed by atoms with Gasteiger partial charge >= 0.3 is 17.9 Å². The Morgan fingerprint density at radius 3 is 2.26 bits per heavy atom. The highest BCUT2D eigenvalue weighted by Crippen LogP contribution is 2.28. The van der Waals surface area contributed by atoms with Gasteiger partial charge in [-0.1, -0.05) is 0 Å². The summed E-state index contributed by atoms with van der Waals surface area (Å²) in [4.78, 5) is 35.3. The van der Waals surface area contributed by atoms with Gasteiger partial charge in [0.1, 0.15) is 0 Å². The monoisotopic (exact) mass is 290 g/mol. The molecule has 10 heteroatoms. The second-order valence-electron chi connectivity index (χ2n) is 3.71. The maximum Gasteiger partial charge on any atom is 0.339 e. The topological polar surface area (TPSA) is 153 Å². The molecular weight excluding hydrogens is 280 g/mol. The van der Waals surface area contributed by atoms with Crippen molar-refractivity contribution in [2.75, 3.05) is 0 Å². The summed E-state index contributed by atoms with van der Waals surface area (Å²) >= 11 is 4.74. The van der Waals surface area contributed by atoms with Crippen molar-refractivity contribution in [3.63, 3.8) is 0 Å². The first-order chi connectivity index (χ1) is 8.70. The predicted molar refractivity (Wildman–Crippen MR) is 61.1 cm³/mol. The van der Waals surface area contributed by atoms with Gasteiger partial charge in [-0.15, -0.1) is 0 Å². The molecule has 19 heavy (non-hydrogen) atoms. The maximum absolute atomic E-state index is 11.2. The molecule has 0 aliphatic rings. The maximum atomic E-state index is 11.2. The molecular formula is C9H10N2O7S. The molecule has 0 saturated heterocycles. The summed E-state index contributed by atoms with van der Waals surface area (Å²) in [6, 6.07) is -2.07. The number of carboxylic acid groups (broad SMARTS) is 3. The lowest BCUT2D eigenvalue weighted by molar-refractivity contribution is -0.177. The van der Waals surface area contributed by atoms with Gasteiger partial charge in [-0.25, -0.2) is 9.59 Å². The number of hydrogen-bond acceptors (Lipinski definition) is 5. The van der Waals surface area contributed by atoms with Crippen molar-refractivity contribution in [1.82, 2.24) is 9.55 Å². The van der Waals surface area contributed by atoms with Crippen molar-refractivity contribution < 1.29 is 34.8 Å². The summed E-state index contributed by atoms with van der Waals surface area (Å²) < 4.78 is 0.617. The first-order valence-electron chi connectivity index (χ1n) is 4.86. The molecule has 0 radical (unpaired) electrons. The Morgan fingerprint density at radius 2 is 1.95 bits per heavy atom. The number of H-pyrrole nitrogens is 1. The Balaban J connectivity index is 3.42.